The maximum Gasteiger partial charge on any atom is 0.311 e. The smallest absolute Gasteiger partial charge is 0.311 e. The van der Waals surface area contributed by atoms with Gasteiger partial charge in [0, 0.05) is 30.8 Å². The van der Waals surface area contributed by atoms with Gasteiger partial charge in [-0.15, -0.1) is 0 Å². The lowest BCUT2D eigenvalue weighted by molar-refractivity contribution is -0.384. The van der Waals surface area contributed by atoms with Gasteiger partial charge in [0.2, 0.25) is 0 Å². The zero-order valence-corrected chi connectivity index (χ0v) is 11.9. The maximum absolute atomic E-state index is 11.5. The molecule has 0 bridgehead atoms. The van der Waals surface area contributed by atoms with Crippen LogP contribution >= 0.6 is 11.6 Å². The van der Waals surface area contributed by atoms with Crippen molar-refractivity contribution in [3.05, 3.63) is 33.3 Å². The van der Waals surface area contributed by atoms with Crippen LogP contribution in [0.3, 0.4) is 0 Å². The van der Waals surface area contributed by atoms with E-state index in [1.54, 1.807) is 0 Å². The molecule has 0 atom stereocenters. The zero-order valence-electron chi connectivity index (χ0n) is 11.2. The Balaban J connectivity index is 2.18. The zero-order chi connectivity index (χ0) is 15.5. The molecule has 1 heterocycles. The molecule has 0 amide bonds. The Bertz CT molecular complexity index is 557. The minimum Gasteiger partial charge on any atom is -0.481 e. The van der Waals surface area contributed by atoms with Crippen LogP contribution in [0, 0.1) is 15.5 Å². The van der Waals surface area contributed by atoms with Crippen LogP contribution in [-0.4, -0.2) is 35.8 Å². The maximum atomic E-state index is 11.5. The molecular weight excluding hydrogens is 300 g/mol. The van der Waals surface area contributed by atoms with E-state index < -0.39 is 16.3 Å². The van der Waals surface area contributed by atoms with Crippen molar-refractivity contribution < 1.29 is 19.6 Å². The highest BCUT2D eigenvalue weighted by Gasteiger charge is 2.40. The van der Waals surface area contributed by atoms with Crippen LogP contribution < -0.4 is 5.32 Å². The fraction of sp³-hybridized carbons (Fsp3) is 0.462. The summed E-state index contributed by atoms with van der Waals surface area (Å²) in [5.74, 6) is -0.921. The van der Waals surface area contributed by atoms with Crippen molar-refractivity contribution in [1.29, 1.82) is 0 Å². The number of nitro groups is 1. The van der Waals surface area contributed by atoms with Gasteiger partial charge in [-0.1, -0.05) is 11.6 Å². The van der Waals surface area contributed by atoms with E-state index in [4.69, 9.17) is 16.3 Å². The Morgan fingerprint density at radius 2 is 2.14 bits per heavy atom. The third kappa shape index (κ3) is 3.43. The average Bonchev–Trinajstić information content (AvgIpc) is 2.46. The molecule has 2 rings (SSSR count). The van der Waals surface area contributed by atoms with Gasteiger partial charge in [-0.2, -0.15) is 0 Å². The van der Waals surface area contributed by atoms with Crippen LogP contribution in [-0.2, 0) is 9.53 Å². The molecule has 7 nitrogen and oxygen atoms in total. The van der Waals surface area contributed by atoms with Crippen LogP contribution in [0.4, 0.5) is 11.4 Å². The summed E-state index contributed by atoms with van der Waals surface area (Å²) in [5.41, 5.74) is -0.877. The minimum absolute atomic E-state index is 0.105. The molecule has 0 aromatic heterocycles. The molecule has 0 unspecified atom stereocenters. The monoisotopic (exact) mass is 314 g/mol. The molecule has 8 heteroatoms. The van der Waals surface area contributed by atoms with Gasteiger partial charge in [-0.25, -0.2) is 0 Å². The van der Waals surface area contributed by atoms with Crippen molar-refractivity contribution in [2.45, 2.75) is 12.8 Å². The molecule has 1 aliphatic heterocycles. The Hall–Kier alpha value is -1.86. The predicted molar refractivity (Wildman–Crippen MR) is 76.7 cm³/mol. The lowest BCUT2D eigenvalue weighted by atomic mass is 9.80. The lowest BCUT2D eigenvalue weighted by Crippen LogP contribution is -2.42. The van der Waals surface area contributed by atoms with Gasteiger partial charge in [-0.3, -0.25) is 14.9 Å². The standard InChI is InChI=1S/C13H15ClN2O5/c14-9-1-2-10(11(7-9)16(19)20)15-8-13(12(17)18)3-5-21-6-4-13/h1-2,7,15H,3-6,8H2,(H,17,18). The normalized spacial score (nSPS) is 17.2. The highest BCUT2D eigenvalue weighted by Crippen LogP contribution is 2.33. The molecule has 1 aromatic rings. The van der Waals surface area contributed by atoms with Crippen LogP contribution in [0.2, 0.25) is 5.02 Å². The van der Waals surface area contributed by atoms with E-state index in [2.05, 4.69) is 5.32 Å². The van der Waals surface area contributed by atoms with Crippen molar-refractivity contribution in [3.63, 3.8) is 0 Å². The van der Waals surface area contributed by atoms with E-state index in [1.165, 1.54) is 18.2 Å². The van der Waals surface area contributed by atoms with E-state index in [0.29, 0.717) is 26.1 Å². The molecule has 2 N–H and O–H groups in total. The second-order valence-corrected chi connectivity index (χ2v) is 5.41. The fourth-order valence-corrected chi connectivity index (χ4v) is 2.46. The summed E-state index contributed by atoms with van der Waals surface area (Å²) in [6.45, 7) is 0.849. The van der Waals surface area contributed by atoms with Crippen molar-refractivity contribution in [2.24, 2.45) is 5.41 Å². The van der Waals surface area contributed by atoms with Crippen molar-refractivity contribution >= 4 is 28.9 Å². The number of carbonyl (C=O) groups is 1. The van der Waals surface area contributed by atoms with Gasteiger partial charge < -0.3 is 15.2 Å². The lowest BCUT2D eigenvalue weighted by Gasteiger charge is -2.33. The molecule has 21 heavy (non-hydrogen) atoms. The number of aliphatic carboxylic acids is 1. The number of nitro benzene ring substituents is 1. The molecule has 1 aromatic carbocycles. The van der Waals surface area contributed by atoms with Crippen LogP contribution in [0.25, 0.3) is 0 Å². The summed E-state index contributed by atoms with van der Waals surface area (Å²) >= 11 is 5.74. The average molecular weight is 315 g/mol. The number of rotatable bonds is 5. The Labute approximate surface area is 126 Å². The topological polar surface area (TPSA) is 102 Å². The predicted octanol–water partition coefficient (Wildman–Crippen LogP) is 2.54. The molecule has 0 aliphatic carbocycles. The number of ether oxygens (including phenoxy) is 1. The van der Waals surface area contributed by atoms with Crippen LogP contribution in [0.5, 0.6) is 0 Å². The summed E-state index contributed by atoms with van der Waals surface area (Å²) in [6.07, 6.45) is 0.743. The van der Waals surface area contributed by atoms with Crippen LogP contribution in [0.1, 0.15) is 12.8 Å². The van der Waals surface area contributed by atoms with Gasteiger partial charge in [0.05, 0.1) is 10.3 Å². The van der Waals surface area contributed by atoms with Gasteiger partial charge in [0.15, 0.2) is 0 Å². The van der Waals surface area contributed by atoms with E-state index in [1.807, 2.05) is 0 Å². The molecule has 114 valence electrons. The first kappa shape index (κ1) is 15.5. The first-order chi connectivity index (χ1) is 9.94. The Morgan fingerprint density at radius 1 is 1.48 bits per heavy atom. The summed E-state index contributed by atoms with van der Waals surface area (Å²) in [7, 11) is 0. The third-order valence-corrected chi connectivity index (χ3v) is 3.91. The quantitative estimate of drug-likeness (QED) is 0.639. The Morgan fingerprint density at radius 3 is 2.71 bits per heavy atom. The number of benzene rings is 1. The summed E-state index contributed by atoms with van der Waals surface area (Å²) in [4.78, 5) is 22.0. The minimum atomic E-state index is -0.967. The number of carboxylic acid groups (broad SMARTS) is 1. The van der Waals surface area contributed by atoms with E-state index >= 15 is 0 Å². The highest BCUT2D eigenvalue weighted by atomic mass is 35.5. The number of nitrogens with one attached hydrogen (secondary N) is 1. The van der Waals surface area contributed by atoms with E-state index in [9.17, 15) is 20.0 Å². The number of nitrogens with zero attached hydrogens (tertiary/aromatic N) is 1. The van der Waals surface area contributed by atoms with Crippen LogP contribution in [0.15, 0.2) is 18.2 Å². The number of hydrogen-bond acceptors (Lipinski definition) is 5. The number of halogens is 1. The van der Waals surface area contributed by atoms with Crippen molar-refractivity contribution in [2.75, 3.05) is 25.1 Å². The first-order valence-electron chi connectivity index (χ1n) is 6.44. The Kier molecular flexibility index (Phi) is 4.64. The molecule has 0 radical (unpaired) electrons. The summed E-state index contributed by atoms with van der Waals surface area (Å²) in [5, 5.41) is 23.6. The van der Waals surface area contributed by atoms with Gasteiger partial charge >= 0.3 is 5.97 Å². The SMILES string of the molecule is O=C(O)C1(CNc2ccc(Cl)cc2[N+](=O)[O-])CCOCC1. The highest BCUT2D eigenvalue weighted by molar-refractivity contribution is 6.30. The third-order valence-electron chi connectivity index (χ3n) is 3.68. The fourth-order valence-electron chi connectivity index (χ4n) is 2.30. The molecular formula is C13H15ClN2O5. The summed E-state index contributed by atoms with van der Waals surface area (Å²) < 4.78 is 5.19. The van der Waals surface area contributed by atoms with Gasteiger partial charge in [0.1, 0.15) is 5.69 Å². The number of carboxylic acids is 1. The largest absolute Gasteiger partial charge is 0.481 e. The molecule has 1 aliphatic rings. The molecule has 0 saturated carbocycles. The van der Waals surface area contributed by atoms with Gasteiger partial charge in [-0.05, 0) is 25.0 Å². The summed E-state index contributed by atoms with van der Waals surface area (Å²) in [6, 6.07) is 4.24. The molecule has 1 saturated heterocycles. The second kappa shape index (κ2) is 6.28. The number of hydrogen-bond donors (Lipinski definition) is 2. The molecule has 0 spiro atoms. The van der Waals surface area contributed by atoms with Crippen molar-refractivity contribution in [1.82, 2.24) is 0 Å². The number of anilines is 1. The first-order valence-corrected chi connectivity index (χ1v) is 6.81. The van der Waals surface area contributed by atoms with E-state index in [-0.39, 0.29) is 22.9 Å². The van der Waals surface area contributed by atoms with E-state index in [0.717, 1.165) is 0 Å². The molecule has 1 fully saturated rings. The van der Waals surface area contributed by atoms with Crippen molar-refractivity contribution in [3.8, 4) is 0 Å². The second-order valence-electron chi connectivity index (χ2n) is 4.97. The van der Waals surface area contributed by atoms with Gasteiger partial charge in [0.25, 0.3) is 5.69 Å².